The van der Waals surface area contributed by atoms with Crippen molar-refractivity contribution in [3.05, 3.63) is 76.4 Å². The molecule has 30 heavy (non-hydrogen) atoms. The Kier molecular flexibility index (Phi) is 6.27. The molecule has 2 aromatic carbocycles. The number of amides is 1. The number of nitrogen functional groups attached to an aromatic ring is 1. The molecule has 3 aromatic rings. The van der Waals surface area contributed by atoms with E-state index in [2.05, 4.69) is 36.9 Å². The number of carbonyl (C=O) groups is 1. The van der Waals surface area contributed by atoms with Crippen LogP contribution >= 0.6 is 15.9 Å². The standard InChI is InChI=1S/C22H22BrN5O2/c23-15-4-1-3-14(13-15)22(29)28-16-5-7-17(8-6-16)30-18-9-12-25-20(24)19(18)21-26-10-2-11-27-21/h1,3-9,12-13,21,26-27H,2,10-11H2,(H2,24,25)(H,28,29). The van der Waals surface area contributed by atoms with Crippen LogP contribution < -0.4 is 26.4 Å². The molecule has 0 bridgehead atoms. The number of halogens is 1. The van der Waals surface area contributed by atoms with Gasteiger partial charge in [0, 0.05) is 21.9 Å². The van der Waals surface area contributed by atoms with Crippen molar-refractivity contribution < 1.29 is 9.53 Å². The van der Waals surface area contributed by atoms with Gasteiger partial charge in [-0.05, 0) is 68.0 Å². The lowest BCUT2D eigenvalue weighted by Crippen LogP contribution is -2.41. The van der Waals surface area contributed by atoms with Crippen molar-refractivity contribution in [3.8, 4) is 11.5 Å². The summed E-state index contributed by atoms with van der Waals surface area (Å²) in [5.41, 5.74) is 8.18. The summed E-state index contributed by atoms with van der Waals surface area (Å²) in [6.07, 6.45) is 2.58. The number of nitrogens with one attached hydrogen (secondary N) is 3. The number of nitrogens with two attached hydrogens (primary N) is 1. The maximum Gasteiger partial charge on any atom is 0.255 e. The number of hydrogen-bond acceptors (Lipinski definition) is 6. The molecule has 154 valence electrons. The first kappa shape index (κ1) is 20.3. The quantitative estimate of drug-likeness (QED) is 0.451. The molecule has 4 rings (SSSR count). The first-order valence-corrected chi connectivity index (χ1v) is 10.5. The molecule has 1 saturated heterocycles. The van der Waals surface area contributed by atoms with E-state index in [1.165, 1.54) is 0 Å². The number of aromatic nitrogens is 1. The summed E-state index contributed by atoms with van der Waals surface area (Å²) in [4.78, 5) is 16.6. The van der Waals surface area contributed by atoms with Gasteiger partial charge in [0.15, 0.2) is 0 Å². The zero-order valence-electron chi connectivity index (χ0n) is 16.2. The van der Waals surface area contributed by atoms with Crippen LogP contribution in [0.1, 0.15) is 28.5 Å². The summed E-state index contributed by atoms with van der Waals surface area (Å²) in [5.74, 6) is 1.53. The molecule has 2 heterocycles. The van der Waals surface area contributed by atoms with Gasteiger partial charge in [-0.3, -0.25) is 15.4 Å². The van der Waals surface area contributed by atoms with E-state index >= 15 is 0 Å². The molecule has 1 fully saturated rings. The van der Waals surface area contributed by atoms with E-state index < -0.39 is 0 Å². The van der Waals surface area contributed by atoms with Gasteiger partial charge in [0.2, 0.25) is 0 Å². The Balaban J connectivity index is 1.48. The predicted octanol–water partition coefficient (Wildman–Crippen LogP) is 4.05. The largest absolute Gasteiger partial charge is 0.457 e. The molecule has 1 aliphatic rings. The lowest BCUT2D eigenvalue weighted by atomic mass is 10.1. The average Bonchev–Trinajstić information content (AvgIpc) is 2.76. The maximum atomic E-state index is 12.4. The third-order valence-electron chi connectivity index (χ3n) is 4.75. The van der Waals surface area contributed by atoms with Gasteiger partial charge < -0.3 is 15.8 Å². The average molecular weight is 468 g/mol. The second-order valence-corrected chi connectivity index (χ2v) is 7.81. The van der Waals surface area contributed by atoms with Crippen LogP contribution in [0.25, 0.3) is 0 Å². The highest BCUT2D eigenvalue weighted by Crippen LogP contribution is 2.33. The monoisotopic (exact) mass is 467 g/mol. The summed E-state index contributed by atoms with van der Waals surface area (Å²) in [7, 11) is 0. The Hall–Kier alpha value is -2.94. The highest BCUT2D eigenvalue weighted by molar-refractivity contribution is 9.10. The Bertz CT molecular complexity index is 1040. The van der Waals surface area contributed by atoms with Crippen LogP contribution in [0.2, 0.25) is 0 Å². The number of rotatable bonds is 5. The second-order valence-electron chi connectivity index (χ2n) is 6.89. The minimum Gasteiger partial charge on any atom is -0.457 e. The van der Waals surface area contributed by atoms with Gasteiger partial charge in [0.05, 0.1) is 11.7 Å². The molecule has 1 aromatic heterocycles. The van der Waals surface area contributed by atoms with Crippen LogP contribution in [0.15, 0.2) is 65.3 Å². The van der Waals surface area contributed by atoms with Gasteiger partial charge in [0.25, 0.3) is 5.91 Å². The van der Waals surface area contributed by atoms with E-state index in [0.717, 1.165) is 29.5 Å². The molecule has 0 radical (unpaired) electrons. The topological polar surface area (TPSA) is 101 Å². The molecular formula is C22H22BrN5O2. The molecular weight excluding hydrogens is 446 g/mol. The highest BCUT2D eigenvalue weighted by Gasteiger charge is 2.22. The fourth-order valence-electron chi connectivity index (χ4n) is 3.27. The number of carbonyl (C=O) groups excluding carboxylic acids is 1. The van der Waals surface area contributed by atoms with E-state index in [1.807, 2.05) is 12.1 Å². The molecule has 0 atom stereocenters. The van der Waals surface area contributed by atoms with Gasteiger partial charge in [-0.2, -0.15) is 0 Å². The highest BCUT2D eigenvalue weighted by atomic mass is 79.9. The van der Waals surface area contributed by atoms with Gasteiger partial charge in [-0.15, -0.1) is 0 Å². The molecule has 1 aliphatic heterocycles. The van der Waals surface area contributed by atoms with Gasteiger partial charge in [0.1, 0.15) is 17.3 Å². The van der Waals surface area contributed by atoms with Crippen molar-refractivity contribution in [1.29, 1.82) is 0 Å². The number of hydrogen-bond donors (Lipinski definition) is 4. The van der Waals surface area contributed by atoms with E-state index in [0.29, 0.717) is 28.6 Å². The second kappa shape index (κ2) is 9.25. The van der Waals surface area contributed by atoms with E-state index in [-0.39, 0.29) is 12.1 Å². The zero-order chi connectivity index (χ0) is 20.9. The van der Waals surface area contributed by atoms with Crippen LogP contribution in [-0.4, -0.2) is 24.0 Å². The Labute approximate surface area is 183 Å². The van der Waals surface area contributed by atoms with Crippen molar-refractivity contribution in [2.75, 3.05) is 24.1 Å². The Morgan fingerprint density at radius 2 is 1.90 bits per heavy atom. The lowest BCUT2D eigenvalue weighted by Gasteiger charge is -2.27. The third kappa shape index (κ3) is 4.79. The summed E-state index contributed by atoms with van der Waals surface area (Å²) in [6.45, 7) is 1.80. The van der Waals surface area contributed by atoms with Crippen molar-refractivity contribution >= 4 is 33.3 Å². The molecule has 8 heteroatoms. The minimum absolute atomic E-state index is 0.105. The first-order valence-electron chi connectivity index (χ1n) is 9.66. The molecule has 7 nitrogen and oxygen atoms in total. The number of benzene rings is 2. The smallest absolute Gasteiger partial charge is 0.255 e. The number of nitrogens with zero attached hydrogens (tertiary/aromatic N) is 1. The minimum atomic E-state index is -0.177. The molecule has 0 saturated carbocycles. The van der Waals surface area contributed by atoms with Crippen molar-refractivity contribution in [2.45, 2.75) is 12.6 Å². The van der Waals surface area contributed by atoms with E-state index in [1.54, 1.807) is 48.7 Å². The summed E-state index contributed by atoms with van der Waals surface area (Å²) >= 11 is 3.38. The summed E-state index contributed by atoms with van der Waals surface area (Å²) < 4.78 is 6.94. The predicted molar refractivity (Wildman–Crippen MR) is 121 cm³/mol. The molecule has 0 aliphatic carbocycles. The Morgan fingerprint density at radius 1 is 1.13 bits per heavy atom. The van der Waals surface area contributed by atoms with Crippen molar-refractivity contribution in [3.63, 3.8) is 0 Å². The molecule has 5 N–H and O–H groups in total. The summed E-state index contributed by atoms with van der Waals surface area (Å²) in [6, 6.07) is 16.2. The SMILES string of the molecule is Nc1nccc(Oc2ccc(NC(=O)c3cccc(Br)c3)cc2)c1C1NCCCN1. The van der Waals surface area contributed by atoms with Crippen molar-refractivity contribution in [2.24, 2.45) is 0 Å². The van der Waals surface area contributed by atoms with Gasteiger partial charge in [-0.1, -0.05) is 22.0 Å². The third-order valence-corrected chi connectivity index (χ3v) is 5.24. The number of anilines is 2. The fourth-order valence-corrected chi connectivity index (χ4v) is 3.67. The molecule has 1 amide bonds. The fraction of sp³-hybridized carbons (Fsp3) is 0.182. The maximum absolute atomic E-state index is 12.4. The number of ether oxygens (including phenoxy) is 1. The Morgan fingerprint density at radius 3 is 2.63 bits per heavy atom. The number of pyridine rings is 1. The zero-order valence-corrected chi connectivity index (χ0v) is 17.8. The molecule has 0 unspecified atom stereocenters. The van der Waals surface area contributed by atoms with Gasteiger partial charge in [-0.25, -0.2) is 4.98 Å². The van der Waals surface area contributed by atoms with Crippen LogP contribution in [0, 0.1) is 0 Å². The van der Waals surface area contributed by atoms with Crippen LogP contribution in [0.3, 0.4) is 0 Å². The van der Waals surface area contributed by atoms with Crippen LogP contribution in [-0.2, 0) is 0 Å². The van der Waals surface area contributed by atoms with Gasteiger partial charge >= 0.3 is 0 Å². The first-order chi connectivity index (χ1) is 14.6. The lowest BCUT2D eigenvalue weighted by molar-refractivity contribution is 0.102. The summed E-state index contributed by atoms with van der Waals surface area (Å²) in [5, 5.41) is 9.66. The van der Waals surface area contributed by atoms with Crippen LogP contribution in [0.5, 0.6) is 11.5 Å². The van der Waals surface area contributed by atoms with Crippen molar-refractivity contribution in [1.82, 2.24) is 15.6 Å². The van der Waals surface area contributed by atoms with E-state index in [9.17, 15) is 4.79 Å². The molecule has 0 spiro atoms. The normalized spacial score (nSPS) is 14.3. The van der Waals surface area contributed by atoms with E-state index in [4.69, 9.17) is 10.5 Å². The van der Waals surface area contributed by atoms with Crippen LogP contribution in [0.4, 0.5) is 11.5 Å².